The van der Waals surface area contributed by atoms with Crippen molar-refractivity contribution in [3.8, 4) is 0 Å². The van der Waals surface area contributed by atoms with Gasteiger partial charge in [-0.1, -0.05) is 45.4 Å². The Balaban J connectivity index is 2.49. The van der Waals surface area contributed by atoms with Crippen molar-refractivity contribution in [1.29, 1.82) is 0 Å². The van der Waals surface area contributed by atoms with Crippen LogP contribution in [0.2, 0.25) is 0 Å². The van der Waals surface area contributed by atoms with E-state index in [1.54, 1.807) is 0 Å². The molecular formula is C17H24F2N2O2. The third kappa shape index (κ3) is 6.76. The number of hydrogen-bond donors (Lipinski definition) is 2. The number of carbonyl (C=O) groups is 2. The summed E-state index contributed by atoms with van der Waals surface area (Å²) in [5, 5.41) is 2.48. The summed E-state index contributed by atoms with van der Waals surface area (Å²) >= 11 is 0. The van der Waals surface area contributed by atoms with E-state index in [1.807, 2.05) is 0 Å². The van der Waals surface area contributed by atoms with Crippen LogP contribution in [-0.2, 0) is 4.79 Å². The van der Waals surface area contributed by atoms with Crippen molar-refractivity contribution in [1.82, 2.24) is 5.32 Å². The summed E-state index contributed by atoms with van der Waals surface area (Å²) in [6.07, 6.45) is 6.76. The molecular weight excluding hydrogens is 302 g/mol. The number of unbranched alkanes of at least 4 members (excludes halogenated alkanes) is 5. The third-order valence-electron chi connectivity index (χ3n) is 3.68. The fourth-order valence-electron chi connectivity index (χ4n) is 2.29. The van der Waals surface area contributed by atoms with Gasteiger partial charge in [-0.25, -0.2) is 8.78 Å². The fraction of sp³-hybridized carbons (Fsp3) is 0.529. The van der Waals surface area contributed by atoms with Gasteiger partial charge in [-0.2, -0.15) is 0 Å². The normalized spacial score (nSPS) is 12.0. The van der Waals surface area contributed by atoms with Gasteiger partial charge in [-0.3, -0.25) is 9.59 Å². The number of amides is 2. The smallest absolute Gasteiger partial charge is 0.252 e. The van der Waals surface area contributed by atoms with Crippen LogP contribution in [0.1, 0.15) is 62.2 Å². The lowest BCUT2D eigenvalue weighted by atomic mass is 10.0. The molecule has 6 heteroatoms. The van der Waals surface area contributed by atoms with Gasteiger partial charge >= 0.3 is 0 Å². The van der Waals surface area contributed by atoms with Gasteiger partial charge in [0.05, 0.1) is 0 Å². The molecule has 0 fully saturated rings. The number of primary amides is 1. The van der Waals surface area contributed by atoms with E-state index in [0.717, 1.165) is 50.3 Å². The Morgan fingerprint density at radius 2 is 1.74 bits per heavy atom. The molecule has 3 N–H and O–H groups in total. The van der Waals surface area contributed by atoms with Crippen LogP contribution in [0.15, 0.2) is 18.2 Å². The molecule has 23 heavy (non-hydrogen) atoms. The highest BCUT2D eigenvalue weighted by atomic mass is 19.2. The lowest BCUT2D eigenvalue weighted by Crippen LogP contribution is -2.44. The molecule has 0 aliphatic heterocycles. The summed E-state index contributed by atoms with van der Waals surface area (Å²) < 4.78 is 26.0. The number of nitrogens with one attached hydrogen (secondary N) is 1. The van der Waals surface area contributed by atoms with Gasteiger partial charge in [-0.15, -0.1) is 0 Å². The van der Waals surface area contributed by atoms with Crippen LogP contribution in [0.3, 0.4) is 0 Å². The first kappa shape index (κ1) is 19.1. The Bertz CT molecular complexity index is 535. The van der Waals surface area contributed by atoms with Gasteiger partial charge in [0.2, 0.25) is 5.91 Å². The molecule has 0 aliphatic rings. The van der Waals surface area contributed by atoms with Gasteiger partial charge in [0.15, 0.2) is 11.6 Å². The first-order chi connectivity index (χ1) is 11.0. The first-order valence-electron chi connectivity index (χ1n) is 8.01. The summed E-state index contributed by atoms with van der Waals surface area (Å²) in [5.41, 5.74) is 5.25. The highest BCUT2D eigenvalue weighted by Gasteiger charge is 2.19. The van der Waals surface area contributed by atoms with Crippen molar-refractivity contribution in [2.45, 2.75) is 57.9 Å². The molecule has 1 aromatic carbocycles. The van der Waals surface area contributed by atoms with Crippen molar-refractivity contribution < 1.29 is 18.4 Å². The van der Waals surface area contributed by atoms with Crippen LogP contribution < -0.4 is 11.1 Å². The van der Waals surface area contributed by atoms with Gasteiger partial charge < -0.3 is 11.1 Å². The van der Waals surface area contributed by atoms with Crippen LogP contribution >= 0.6 is 0 Å². The highest BCUT2D eigenvalue weighted by Crippen LogP contribution is 2.11. The van der Waals surface area contributed by atoms with Crippen LogP contribution in [0, 0.1) is 11.6 Å². The molecule has 1 rings (SSSR count). The van der Waals surface area contributed by atoms with Gasteiger partial charge in [-0.05, 0) is 24.6 Å². The zero-order valence-electron chi connectivity index (χ0n) is 13.4. The number of hydrogen-bond acceptors (Lipinski definition) is 2. The maximum absolute atomic E-state index is 13.1. The zero-order chi connectivity index (χ0) is 17.2. The molecule has 0 heterocycles. The van der Waals surface area contributed by atoms with Crippen LogP contribution in [0.4, 0.5) is 8.78 Å². The van der Waals surface area contributed by atoms with Crippen LogP contribution in [-0.4, -0.2) is 17.9 Å². The number of halogens is 2. The monoisotopic (exact) mass is 326 g/mol. The van der Waals surface area contributed by atoms with Crippen molar-refractivity contribution in [2.75, 3.05) is 0 Å². The molecule has 0 aromatic heterocycles. The number of benzene rings is 1. The summed E-state index contributed by atoms with van der Waals surface area (Å²) in [6, 6.07) is 2.03. The molecule has 1 aromatic rings. The Kier molecular flexibility index (Phi) is 8.22. The summed E-state index contributed by atoms with van der Waals surface area (Å²) in [7, 11) is 0. The Morgan fingerprint density at radius 3 is 2.35 bits per heavy atom. The second-order valence-electron chi connectivity index (χ2n) is 5.61. The molecule has 0 saturated carbocycles. The van der Waals surface area contributed by atoms with E-state index >= 15 is 0 Å². The van der Waals surface area contributed by atoms with E-state index in [4.69, 9.17) is 5.73 Å². The first-order valence-corrected chi connectivity index (χ1v) is 8.01. The van der Waals surface area contributed by atoms with E-state index in [-0.39, 0.29) is 5.56 Å². The molecule has 0 radical (unpaired) electrons. The Hall–Kier alpha value is -1.98. The average Bonchev–Trinajstić information content (AvgIpc) is 2.51. The standard InChI is InChI=1S/C17H24F2N2O2/c1-2-3-4-5-6-7-8-15(16(20)22)21-17(23)12-9-10-13(18)14(19)11-12/h9-11,15H,2-8H2,1H3,(H2,20,22)(H,21,23)/t15-/m1/s1. The number of nitrogens with two attached hydrogens (primary N) is 1. The minimum atomic E-state index is -1.11. The molecule has 0 bridgehead atoms. The molecule has 0 spiro atoms. The molecule has 0 unspecified atom stereocenters. The molecule has 1 atom stereocenters. The van der Waals surface area contributed by atoms with Gasteiger partial charge in [0.25, 0.3) is 5.91 Å². The van der Waals surface area contributed by atoms with Crippen molar-refractivity contribution in [3.63, 3.8) is 0 Å². The van der Waals surface area contributed by atoms with Gasteiger partial charge in [0, 0.05) is 5.56 Å². The number of carbonyl (C=O) groups excluding carboxylic acids is 2. The Labute approximate surface area is 135 Å². The second-order valence-corrected chi connectivity index (χ2v) is 5.61. The van der Waals surface area contributed by atoms with E-state index in [1.165, 1.54) is 6.42 Å². The Morgan fingerprint density at radius 1 is 1.09 bits per heavy atom. The molecule has 2 amide bonds. The summed E-state index contributed by atoms with van der Waals surface area (Å²) in [5.74, 6) is -3.41. The second kappa shape index (κ2) is 9.92. The quantitative estimate of drug-likeness (QED) is 0.648. The molecule has 0 saturated heterocycles. The average molecular weight is 326 g/mol. The zero-order valence-corrected chi connectivity index (χ0v) is 13.4. The summed E-state index contributed by atoms with van der Waals surface area (Å²) in [6.45, 7) is 2.14. The SMILES string of the molecule is CCCCCCCC[C@@H](NC(=O)c1ccc(F)c(F)c1)C(N)=O. The van der Waals surface area contributed by atoms with Crippen molar-refractivity contribution in [3.05, 3.63) is 35.4 Å². The largest absolute Gasteiger partial charge is 0.368 e. The highest BCUT2D eigenvalue weighted by molar-refractivity contribution is 5.97. The topological polar surface area (TPSA) is 72.2 Å². The van der Waals surface area contributed by atoms with Crippen LogP contribution in [0.25, 0.3) is 0 Å². The van der Waals surface area contributed by atoms with E-state index in [9.17, 15) is 18.4 Å². The van der Waals surface area contributed by atoms with E-state index in [2.05, 4.69) is 12.2 Å². The molecule has 0 aliphatic carbocycles. The van der Waals surface area contributed by atoms with Gasteiger partial charge in [0.1, 0.15) is 6.04 Å². The lowest BCUT2D eigenvalue weighted by Gasteiger charge is -2.15. The van der Waals surface area contributed by atoms with E-state index < -0.39 is 29.5 Å². The predicted octanol–water partition coefficient (Wildman–Crippen LogP) is 3.30. The summed E-state index contributed by atoms with van der Waals surface area (Å²) in [4.78, 5) is 23.4. The molecule has 4 nitrogen and oxygen atoms in total. The van der Waals surface area contributed by atoms with Crippen molar-refractivity contribution >= 4 is 11.8 Å². The van der Waals surface area contributed by atoms with Crippen LogP contribution in [0.5, 0.6) is 0 Å². The minimum absolute atomic E-state index is 0.0434. The van der Waals surface area contributed by atoms with Crippen molar-refractivity contribution in [2.24, 2.45) is 5.73 Å². The number of rotatable bonds is 10. The predicted molar refractivity (Wildman–Crippen MR) is 84.8 cm³/mol. The third-order valence-corrected chi connectivity index (χ3v) is 3.68. The van der Waals surface area contributed by atoms with E-state index in [0.29, 0.717) is 6.42 Å². The molecule has 128 valence electrons. The lowest BCUT2D eigenvalue weighted by molar-refractivity contribution is -0.120. The fourth-order valence-corrected chi connectivity index (χ4v) is 2.29. The minimum Gasteiger partial charge on any atom is -0.368 e. The maximum atomic E-state index is 13.1. The maximum Gasteiger partial charge on any atom is 0.252 e.